The molecule has 2 N–H and O–H groups in total. The van der Waals surface area contributed by atoms with Crippen LogP contribution in [0.15, 0.2) is 30.5 Å². The number of nitrogens with two attached hydrogens (primary N) is 1. The van der Waals surface area contributed by atoms with Crippen LogP contribution in [0.4, 0.5) is 5.95 Å². The highest BCUT2D eigenvalue weighted by atomic mass is 35.5. The molecule has 5 heteroatoms. The number of hydrogen-bond donors (Lipinski definition) is 1. The van der Waals surface area contributed by atoms with Crippen molar-refractivity contribution in [2.45, 2.75) is 0 Å². The molecule has 2 aromatic rings. The van der Waals surface area contributed by atoms with Gasteiger partial charge in [0.05, 0.1) is 0 Å². The average Bonchev–Trinajstić information content (AvgIpc) is 2.20. The molecule has 1 aromatic heterocycles. The summed E-state index contributed by atoms with van der Waals surface area (Å²) in [6, 6.07) is 7.26. The molecule has 3 nitrogen and oxygen atoms in total. The van der Waals surface area contributed by atoms with Crippen molar-refractivity contribution in [3.63, 3.8) is 0 Å². The topological polar surface area (TPSA) is 51.8 Å². The Balaban J connectivity index is 2.49. The molecule has 0 fully saturated rings. The maximum atomic E-state index is 5.94. The molecular weight excluding hydrogens is 233 g/mol. The van der Waals surface area contributed by atoms with Gasteiger partial charge < -0.3 is 5.73 Å². The van der Waals surface area contributed by atoms with Crippen LogP contribution in [-0.4, -0.2) is 9.97 Å². The first kappa shape index (κ1) is 10.2. The lowest BCUT2D eigenvalue weighted by Gasteiger charge is -2.03. The van der Waals surface area contributed by atoms with Gasteiger partial charge in [0, 0.05) is 16.8 Å². The predicted octanol–water partition coefficient (Wildman–Crippen LogP) is 3.03. The Kier molecular flexibility index (Phi) is 2.75. The number of nitrogen functional groups attached to an aromatic ring is 1. The molecule has 2 rings (SSSR count). The van der Waals surface area contributed by atoms with Crippen LogP contribution in [0.25, 0.3) is 11.1 Å². The summed E-state index contributed by atoms with van der Waals surface area (Å²) in [5, 5.41) is 1.01. The maximum Gasteiger partial charge on any atom is 0.221 e. The van der Waals surface area contributed by atoms with Crippen molar-refractivity contribution < 1.29 is 0 Å². The zero-order chi connectivity index (χ0) is 10.8. The van der Waals surface area contributed by atoms with Gasteiger partial charge in [-0.15, -0.1) is 0 Å². The largest absolute Gasteiger partial charge is 0.368 e. The minimum absolute atomic E-state index is 0.165. The molecule has 1 heterocycles. The summed E-state index contributed by atoms with van der Waals surface area (Å²) >= 11 is 11.7. The molecule has 0 unspecified atom stereocenters. The first-order valence-electron chi connectivity index (χ1n) is 4.21. The first-order chi connectivity index (χ1) is 7.16. The second-order valence-corrected chi connectivity index (χ2v) is 3.73. The molecule has 0 saturated heterocycles. The molecule has 15 heavy (non-hydrogen) atoms. The van der Waals surface area contributed by atoms with Crippen LogP contribution in [-0.2, 0) is 0 Å². The molecule has 76 valence electrons. The van der Waals surface area contributed by atoms with Crippen molar-refractivity contribution in [2.75, 3.05) is 5.73 Å². The number of benzene rings is 1. The lowest BCUT2D eigenvalue weighted by molar-refractivity contribution is 1.19. The Morgan fingerprint density at radius 1 is 1.07 bits per heavy atom. The van der Waals surface area contributed by atoms with Crippen LogP contribution >= 0.6 is 23.2 Å². The smallest absolute Gasteiger partial charge is 0.221 e. The third kappa shape index (κ3) is 2.19. The number of aromatic nitrogens is 2. The van der Waals surface area contributed by atoms with Gasteiger partial charge in [0.2, 0.25) is 5.95 Å². The van der Waals surface area contributed by atoms with Crippen LogP contribution in [0.2, 0.25) is 10.2 Å². The van der Waals surface area contributed by atoms with E-state index in [4.69, 9.17) is 28.9 Å². The lowest BCUT2D eigenvalue weighted by atomic mass is 10.1. The van der Waals surface area contributed by atoms with E-state index in [0.717, 1.165) is 11.1 Å². The summed E-state index contributed by atoms with van der Waals surface area (Å²) in [6.07, 6.45) is 1.59. The summed E-state index contributed by atoms with van der Waals surface area (Å²) < 4.78 is 0. The van der Waals surface area contributed by atoms with Crippen molar-refractivity contribution in [2.24, 2.45) is 0 Å². The number of nitrogens with zero attached hydrogens (tertiary/aromatic N) is 2. The molecule has 0 aliphatic heterocycles. The summed E-state index contributed by atoms with van der Waals surface area (Å²) in [6.45, 7) is 0. The van der Waals surface area contributed by atoms with E-state index < -0.39 is 0 Å². The molecule has 0 spiro atoms. The fraction of sp³-hybridized carbons (Fsp3) is 0. The Morgan fingerprint density at radius 2 is 1.73 bits per heavy atom. The van der Waals surface area contributed by atoms with Gasteiger partial charge in [-0.2, -0.15) is 0 Å². The predicted molar refractivity (Wildman–Crippen MR) is 61.9 cm³/mol. The summed E-state index contributed by atoms with van der Waals surface area (Å²) in [5.74, 6) is 0.165. The van der Waals surface area contributed by atoms with Crippen LogP contribution in [0.1, 0.15) is 0 Å². The van der Waals surface area contributed by atoms with E-state index in [0.29, 0.717) is 10.2 Å². The van der Waals surface area contributed by atoms with Gasteiger partial charge in [-0.1, -0.05) is 35.3 Å². The maximum absolute atomic E-state index is 5.94. The van der Waals surface area contributed by atoms with Crippen LogP contribution in [0, 0.1) is 0 Å². The van der Waals surface area contributed by atoms with Gasteiger partial charge in [-0.3, -0.25) is 0 Å². The first-order valence-corrected chi connectivity index (χ1v) is 4.96. The third-order valence-electron chi connectivity index (χ3n) is 1.92. The number of hydrogen-bond acceptors (Lipinski definition) is 3. The normalized spacial score (nSPS) is 10.3. The van der Waals surface area contributed by atoms with Crippen LogP contribution < -0.4 is 5.73 Å². The molecule has 0 saturated carbocycles. The fourth-order valence-electron chi connectivity index (χ4n) is 1.20. The minimum Gasteiger partial charge on any atom is -0.368 e. The summed E-state index contributed by atoms with van der Waals surface area (Å²) in [7, 11) is 0. The second kappa shape index (κ2) is 4.04. The van der Waals surface area contributed by atoms with Gasteiger partial charge in [0.25, 0.3) is 0 Å². The van der Waals surface area contributed by atoms with E-state index in [1.54, 1.807) is 18.3 Å². The highest BCUT2D eigenvalue weighted by molar-refractivity contribution is 6.32. The molecule has 0 aliphatic carbocycles. The lowest BCUT2D eigenvalue weighted by Crippen LogP contribution is -1.95. The Labute approximate surface area is 96.9 Å². The zero-order valence-electron chi connectivity index (χ0n) is 7.61. The van der Waals surface area contributed by atoms with Crippen molar-refractivity contribution in [3.8, 4) is 11.1 Å². The van der Waals surface area contributed by atoms with E-state index in [2.05, 4.69) is 9.97 Å². The van der Waals surface area contributed by atoms with E-state index in [1.807, 2.05) is 12.1 Å². The third-order valence-corrected chi connectivity index (χ3v) is 2.46. The fourth-order valence-corrected chi connectivity index (χ4v) is 1.57. The van der Waals surface area contributed by atoms with Crippen molar-refractivity contribution in [3.05, 3.63) is 40.6 Å². The number of anilines is 1. The van der Waals surface area contributed by atoms with E-state index >= 15 is 0 Å². The Hall–Kier alpha value is -1.32. The molecule has 0 radical (unpaired) electrons. The van der Waals surface area contributed by atoms with E-state index in [-0.39, 0.29) is 5.95 Å². The van der Waals surface area contributed by atoms with Gasteiger partial charge in [0.1, 0.15) is 5.15 Å². The molecule has 0 aliphatic rings. The van der Waals surface area contributed by atoms with Gasteiger partial charge in [-0.25, -0.2) is 9.97 Å². The van der Waals surface area contributed by atoms with E-state index in [9.17, 15) is 0 Å². The summed E-state index contributed by atoms with van der Waals surface area (Å²) in [4.78, 5) is 7.76. The molecule has 0 bridgehead atoms. The van der Waals surface area contributed by atoms with Crippen molar-refractivity contribution in [1.29, 1.82) is 0 Å². The van der Waals surface area contributed by atoms with Crippen LogP contribution in [0.5, 0.6) is 0 Å². The molecule has 0 atom stereocenters. The SMILES string of the molecule is Nc1ncc(-c2ccc(Cl)cc2)c(Cl)n1. The monoisotopic (exact) mass is 239 g/mol. The van der Waals surface area contributed by atoms with E-state index in [1.165, 1.54) is 0 Å². The van der Waals surface area contributed by atoms with Gasteiger partial charge in [-0.05, 0) is 17.7 Å². The average molecular weight is 240 g/mol. The van der Waals surface area contributed by atoms with Crippen molar-refractivity contribution >= 4 is 29.2 Å². The highest BCUT2D eigenvalue weighted by Crippen LogP contribution is 2.26. The minimum atomic E-state index is 0.165. The quantitative estimate of drug-likeness (QED) is 0.779. The molecular formula is C10H7Cl2N3. The summed E-state index contributed by atoms with van der Waals surface area (Å²) in [5.41, 5.74) is 7.05. The number of halogens is 2. The highest BCUT2D eigenvalue weighted by Gasteiger charge is 2.05. The molecule has 0 amide bonds. The second-order valence-electron chi connectivity index (χ2n) is 2.94. The van der Waals surface area contributed by atoms with Crippen LogP contribution in [0.3, 0.4) is 0 Å². The standard InChI is InChI=1S/C10H7Cl2N3/c11-7-3-1-6(2-4-7)8-5-14-10(13)15-9(8)12/h1-5H,(H2,13,14,15). The number of rotatable bonds is 1. The van der Waals surface area contributed by atoms with Gasteiger partial charge >= 0.3 is 0 Å². The Morgan fingerprint density at radius 3 is 2.33 bits per heavy atom. The van der Waals surface area contributed by atoms with Gasteiger partial charge in [0.15, 0.2) is 0 Å². The van der Waals surface area contributed by atoms with Crippen molar-refractivity contribution in [1.82, 2.24) is 9.97 Å². The zero-order valence-corrected chi connectivity index (χ0v) is 9.13. The molecule has 1 aromatic carbocycles. The Bertz CT molecular complexity index is 483.